The number of carbonyl (C=O) groups is 2. The first kappa shape index (κ1) is 25.5. The summed E-state index contributed by atoms with van der Waals surface area (Å²) in [6.45, 7) is 7.65. The van der Waals surface area contributed by atoms with Gasteiger partial charge >= 0.3 is 0 Å². The molecule has 0 aliphatic rings. The summed E-state index contributed by atoms with van der Waals surface area (Å²) in [6, 6.07) is 18.5. The Labute approximate surface area is 216 Å². The van der Waals surface area contributed by atoms with Crippen LogP contribution in [0.25, 0.3) is 11.0 Å². The smallest absolute Gasteiger partial charge is 0.255 e. The number of anilines is 2. The molecule has 0 radical (unpaired) electrons. The minimum absolute atomic E-state index is 0.276. The van der Waals surface area contributed by atoms with Crippen molar-refractivity contribution in [2.45, 2.75) is 46.0 Å². The second-order valence-electron chi connectivity index (χ2n) is 9.60. The number of rotatable bonds is 7. The quantitative estimate of drug-likeness (QED) is 0.320. The Morgan fingerprint density at radius 1 is 0.892 bits per heavy atom. The van der Waals surface area contributed by atoms with E-state index in [0.29, 0.717) is 33.5 Å². The van der Waals surface area contributed by atoms with Crippen molar-refractivity contribution >= 4 is 34.2 Å². The predicted octanol–water partition coefficient (Wildman–Crippen LogP) is 6.20. The van der Waals surface area contributed by atoms with Crippen LogP contribution < -0.4 is 10.6 Å². The van der Waals surface area contributed by atoms with Crippen LogP contribution in [0.5, 0.6) is 0 Å². The highest BCUT2D eigenvalue weighted by atomic mass is 16.2. The molecule has 1 aromatic heterocycles. The Kier molecular flexibility index (Phi) is 7.30. The molecule has 0 saturated carbocycles. The molecule has 2 N–H and O–H groups in total. The molecule has 1 heterocycles. The van der Waals surface area contributed by atoms with Gasteiger partial charge in [0.05, 0.1) is 22.5 Å². The molecule has 3 aromatic carbocycles. The number of hydrogen-bond acceptors (Lipinski definition) is 5. The second-order valence-corrected chi connectivity index (χ2v) is 9.60. The van der Waals surface area contributed by atoms with Crippen molar-refractivity contribution in [2.24, 2.45) is 0 Å². The minimum atomic E-state index is -0.714. The van der Waals surface area contributed by atoms with E-state index in [1.807, 2.05) is 39.0 Å². The van der Waals surface area contributed by atoms with Crippen LogP contribution in [0.15, 0.2) is 67.0 Å². The van der Waals surface area contributed by atoms with Crippen LogP contribution in [-0.4, -0.2) is 21.8 Å². The number of amides is 2. The number of hydrogen-bond donors (Lipinski definition) is 2. The Bertz CT molecular complexity index is 1540. The molecule has 2 amide bonds. The van der Waals surface area contributed by atoms with Crippen molar-refractivity contribution < 1.29 is 9.59 Å². The lowest BCUT2D eigenvalue weighted by Crippen LogP contribution is -2.18. The van der Waals surface area contributed by atoms with Crippen molar-refractivity contribution in [1.29, 1.82) is 5.26 Å². The molecule has 0 aliphatic heterocycles. The van der Waals surface area contributed by atoms with Crippen molar-refractivity contribution in [3.8, 4) is 6.07 Å². The van der Waals surface area contributed by atoms with E-state index in [0.717, 1.165) is 29.5 Å². The van der Waals surface area contributed by atoms with Gasteiger partial charge in [0.2, 0.25) is 0 Å². The summed E-state index contributed by atoms with van der Waals surface area (Å²) in [7, 11) is 0. The van der Waals surface area contributed by atoms with Gasteiger partial charge in [0, 0.05) is 34.9 Å². The predicted molar refractivity (Wildman–Crippen MR) is 146 cm³/mol. The fourth-order valence-electron chi connectivity index (χ4n) is 4.02. The molecule has 0 unspecified atom stereocenters. The van der Waals surface area contributed by atoms with Crippen LogP contribution in [0, 0.1) is 18.3 Å². The van der Waals surface area contributed by atoms with Gasteiger partial charge in [-0.05, 0) is 86.3 Å². The van der Waals surface area contributed by atoms with Gasteiger partial charge in [0.15, 0.2) is 0 Å². The third kappa shape index (κ3) is 5.81. The van der Waals surface area contributed by atoms with Crippen LogP contribution >= 0.6 is 0 Å². The normalized spacial score (nSPS) is 11.1. The first-order chi connectivity index (χ1) is 17.7. The average Bonchev–Trinajstić information content (AvgIpc) is 2.90. The third-order valence-corrected chi connectivity index (χ3v) is 6.27. The van der Waals surface area contributed by atoms with Crippen molar-refractivity contribution in [3.05, 3.63) is 94.8 Å². The molecule has 4 aromatic rings. The molecule has 186 valence electrons. The minimum Gasteiger partial charge on any atom is -0.322 e. The molecule has 7 heteroatoms. The molecule has 4 rings (SSSR count). The van der Waals surface area contributed by atoms with E-state index in [2.05, 4.69) is 33.6 Å². The summed E-state index contributed by atoms with van der Waals surface area (Å²) in [6.07, 6.45) is 4.94. The maximum Gasteiger partial charge on any atom is 0.255 e. The van der Waals surface area contributed by atoms with Gasteiger partial charge in [-0.25, -0.2) is 0 Å². The highest BCUT2D eigenvalue weighted by Crippen LogP contribution is 2.27. The summed E-state index contributed by atoms with van der Waals surface area (Å²) < 4.78 is 0. The Morgan fingerprint density at radius 2 is 1.62 bits per heavy atom. The Hall–Kier alpha value is -4.57. The fraction of sp³-hybridized carbons (Fsp3) is 0.233. The molecular weight excluding hydrogens is 462 g/mol. The van der Waals surface area contributed by atoms with Crippen molar-refractivity contribution in [2.75, 3.05) is 10.6 Å². The highest BCUT2D eigenvalue weighted by Gasteiger charge is 2.22. The lowest BCUT2D eigenvalue weighted by molar-refractivity contribution is 0.101. The van der Waals surface area contributed by atoms with Crippen LogP contribution in [0.1, 0.15) is 64.6 Å². The number of aryl methyl sites for hydroxylation is 2. The van der Waals surface area contributed by atoms with Crippen LogP contribution in [0.2, 0.25) is 0 Å². The van der Waals surface area contributed by atoms with E-state index in [4.69, 9.17) is 0 Å². The number of nitrogens with one attached hydrogen (secondary N) is 2. The van der Waals surface area contributed by atoms with E-state index in [1.54, 1.807) is 48.8 Å². The van der Waals surface area contributed by atoms with Crippen molar-refractivity contribution in [3.63, 3.8) is 0 Å². The molecule has 0 fully saturated rings. The van der Waals surface area contributed by atoms with Gasteiger partial charge in [0.1, 0.15) is 0 Å². The summed E-state index contributed by atoms with van der Waals surface area (Å²) in [5.74, 6) is -0.558. The first-order valence-electron chi connectivity index (χ1n) is 12.2. The highest BCUT2D eigenvalue weighted by molar-refractivity contribution is 6.07. The van der Waals surface area contributed by atoms with Crippen molar-refractivity contribution in [1.82, 2.24) is 9.97 Å². The van der Waals surface area contributed by atoms with Crippen LogP contribution in [0.4, 0.5) is 11.4 Å². The molecular formula is C30H29N5O2. The summed E-state index contributed by atoms with van der Waals surface area (Å²) in [5.41, 5.74) is 5.42. The first-order valence-corrected chi connectivity index (χ1v) is 12.2. The number of nitriles is 1. The summed E-state index contributed by atoms with van der Waals surface area (Å²) >= 11 is 0. The lowest BCUT2D eigenvalue weighted by atomic mass is 9.84. The molecule has 7 nitrogen and oxygen atoms in total. The zero-order valence-corrected chi connectivity index (χ0v) is 21.4. The third-order valence-electron chi connectivity index (χ3n) is 6.27. The van der Waals surface area contributed by atoms with Gasteiger partial charge in [-0.3, -0.25) is 19.6 Å². The van der Waals surface area contributed by atoms with E-state index in [1.165, 1.54) is 0 Å². The summed E-state index contributed by atoms with van der Waals surface area (Å²) in [5, 5.41) is 15.5. The molecule has 0 spiro atoms. The van der Waals surface area contributed by atoms with Gasteiger partial charge in [-0.15, -0.1) is 0 Å². The van der Waals surface area contributed by atoms with Crippen LogP contribution in [0.3, 0.4) is 0 Å². The molecule has 37 heavy (non-hydrogen) atoms. The topological polar surface area (TPSA) is 108 Å². The number of aromatic nitrogens is 2. The van der Waals surface area contributed by atoms with E-state index < -0.39 is 5.41 Å². The van der Waals surface area contributed by atoms with E-state index in [-0.39, 0.29) is 11.8 Å². The van der Waals surface area contributed by atoms with Gasteiger partial charge in [-0.2, -0.15) is 5.26 Å². The molecule has 0 aliphatic carbocycles. The maximum atomic E-state index is 13.2. The van der Waals surface area contributed by atoms with Gasteiger partial charge in [-0.1, -0.05) is 25.5 Å². The molecule has 0 saturated heterocycles. The zero-order valence-electron chi connectivity index (χ0n) is 21.4. The van der Waals surface area contributed by atoms with E-state index in [9.17, 15) is 14.9 Å². The van der Waals surface area contributed by atoms with Crippen LogP contribution in [-0.2, 0) is 11.8 Å². The number of benzene rings is 3. The monoisotopic (exact) mass is 491 g/mol. The SMILES string of the molecule is CCCc1cc(C(=O)Nc2ccc(C)c(NC(=O)c3ccc4nccnc4c3)c2)cc(C(C)(C)C#N)c1. The van der Waals surface area contributed by atoms with E-state index >= 15 is 0 Å². The Balaban J connectivity index is 1.56. The number of carbonyl (C=O) groups excluding carboxylic acids is 2. The van der Waals surface area contributed by atoms with Gasteiger partial charge < -0.3 is 10.6 Å². The maximum absolute atomic E-state index is 13.2. The zero-order chi connectivity index (χ0) is 26.6. The number of fused-ring (bicyclic) bond motifs is 1. The fourth-order valence-corrected chi connectivity index (χ4v) is 4.02. The second kappa shape index (κ2) is 10.6. The summed E-state index contributed by atoms with van der Waals surface area (Å²) in [4.78, 5) is 34.7. The average molecular weight is 492 g/mol. The molecule has 0 bridgehead atoms. The number of nitrogens with zero attached hydrogens (tertiary/aromatic N) is 3. The Morgan fingerprint density at radius 3 is 2.35 bits per heavy atom. The van der Waals surface area contributed by atoms with Gasteiger partial charge in [0.25, 0.3) is 11.8 Å². The molecule has 0 atom stereocenters. The lowest BCUT2D eigenvalue weighted by Gasteiger charge is -2.19. The largest absolute Gasteiger partial charge is 0.322 e. The standard InChI is InChI=1S/C30H29N5O2/c1-5-6-20-13-22(15-23(14-20)30(3,4)18-31)29(37)34-24-9-7-19(2)26(17-24)35-28(36)21-8-10-25-27(16-21)33-12-11-32-25/h7-17H,5-6H2,1-4H3,(H,34,37)(H,35,36).